The molecule has 0 saturated carbocycles. The molecule has 1 heterocycles. The van der Waals surface area contributed by atoms with E-state index in [0.717, 1.165) is 6.42 Å². The lowest BCUT2D eigenvalue weighted by Gasteiger charge is -2.23. The number of allylic oxidation sites excluding steroid dienone is 2. The van der Waals surface area contributed by atoms with Crippen LogP contribution in [0.2, 0.25) is 0 Å². The van der Waals surface area contributed by atoms with Gasteiger partial charge in [-0.25, -0.2) is 4.79 Å². The van der Waals surface area contributed by atoms with Gasteiger partial charge in [0, 0.05) is 23.1 Å². The van der Waals surface area contributed by atoms with Crippen LogP contribution in [0.5, 0.6) is 0 Å². The van der Waals surface area contributed by atoms with Crippen LogP contribution in [-0.4, -0.2) is 29.3 Å². The largest absolute Gasteiger partial charge is 0.430 e. The van der Waals surface area contributed by atoms with Crippen molar-refractivity contribution < 1.29 is 19.2 Å². The second-order valence-corrected chi connectivity index (χ2v) is 4.31. The molecule has 0 amide bonds. The fraction of sp³-hybridized carbons (Fsp3) is 0.545. The molecule has 1 aliphatic heterocycles. The summed E-state index contributed by atoms with van der Waals surface area (Å²) in [5.41, 5.74) is 3.91. The Labute approximate surface area is 103 Å². The predicted octanol–water partition coefficient (Wildman–Crippen LogP) is 0.484. The SMILES string of the molecule is NC1=CC=C[C@@](C(=O)OC2CCCO2)([N+](=O)[O-])C1. The van der Waals surface area contributed by atoms with Gasteiger partial charge in [-0.2, -0.15) is 0 Å². The van der Waals surface area contributed by atoms with E-state index in [1.54, 1.807) is 0 Å². The van der Waals surface area contributed by atoms with Crippen LogP contribution in [0, 0.1) is 10.1 Å². The Balaban J connectivity index is 2.15. The molecule has 18 heavy (non-hydrogen) atoms. The summed E-state index contributed by atoms with van der Waals surface area (Å²) in [6.07, 6.45) is 4.62. The number of ether oxygens (including phenoxy) is 2. The molecular formula is C11H14N2O5. The van der Waals surface area contributed by atoms with Crippen molar-refractivity contribution in [3.63, 3.8) is 0 Å². The number of carbonyl (C=O) groups excluding carboxylic acids is 1. The van der Waals surface area contributed by atoms with Crippen LogP contribution in [0.15, 0.2) is 23.9 Å². The molecule has 0 aromatic heterocycles. The molecule has 1 unspecified atom stereocenters. The molecule has 0 bridgehead atoms. The highest BCUT2D eigenvalue weighted by Gasteiger charge is 2.52. The molecule has 1 saturated heterocycles. The van der Waals surface area contributed by atoms with Gasteiger partial charge < -0.3 is 15.2 Å². The summed E-state index contributed by atoms with van der Waals surface area (Å²) in [5.74, 6) is -0.924. The first-order valence-corrected chi connectivity index (χ1v) is 5.66. The van der Waals surface area contributed by atoms with E-state index in [9.17, 15) is 14.9 Å². The molecule has 98 valence electrons. The number of hydrogen-bond acceptors (Lipinski definition) is 6. The van der Waals surface area contributed by atoms with E-state index in [4.69, 9.17) is 15.2 Å². The molecule has 7 nitrogen and oxygen atoms in total. The van der Waals surface area contributed by atoms with Crippen LogP contribution in [0.1, 0.15) is 19.3 Å². The quantitative estimate of drug-likeness (QED) is 0.446. The van der Waals surface area contributed by atoms with Crippen LogP contribution < -0.4 is 5.73 Å². The van der Waals surface area contributed by atoms with Gasteiger partial charge in [0.25, 0.3) is 0 Å². The van der Waals surface area contributed by atoms with Crippen LogP contribution in [0.25, 0.3) is 0 Å². The van der Waals surface area contributed by atoms with Crippen LogP contribution >= 0.6 is 0 Å². The average Bonchev–Trinajstić information content (AvgIpc) is 2.81. The lowest BCUT2D eigenvalue weighted by Crippen LogP contribution is -2.48. The summed E-state index contributed by atoms with van der Waals surface area (Å²) in [4.78, 5) is 22.5. The number of hydrogen-bond donors (Lipinski definition) is 1. The Morgan fingerprint density at radius 1 is 1.67 bits per heavy atom. The summed E-state index contributed by atoms with van der Waals surface area (Å²) in [7, 11) is 0. The molecule has 2 atom stereocenters. The van der Waals surface area contributed by atoms with Crippen LogP contribution in [0.3, 0.4) is 0 Å². The summed E-state index contributed by atoms with van der Waals surface area (Å²) in [5, 5.41) is 11.2. The highest BCUT2D eigenvalue weighted by molar-refractivity contribution is 5.82. The maximum absolute atomic E-state index is 12.0. The Kier molecular flexibility index (Phi) is 3.33. The molecule has 2 aliphatic rings. The van der Waals surface area contributed by atoms with Gasteiger partial charge in [0.05, 0.1) is 13.0 Å². The normalized spacial score (nSPS) is 30.9. The number of esters is 1. The van der Waals surface area contributed by atoms with Gasteiger partial charge >= 0.3 is 11.5 Å². The number of nitrogens with zero attached hydrogens (tertiary/aromatic N) is 1. The van der Waals surface area contributed by atoms with Crippen molar-refractivity contribution in [2.45, 2.75) is 31.1 Å². The standard InChI is InChI=1S/C11H14N2O5/c12-8-3-1-5-11(7-8,13(15)16)10(14)18-9-4-2-6-17-9/h1,3,5,9H,2,4,6-7,12H2/t9?,11-/m1/s1. The molecule has 7 heteroatoms. The van der Waals surface area contributed by atoms with Crippen molar-refractivity contribution in [2.24, 2.45) is 5.73 Å². The molecule has 0 spiro atoms. The maximum Gasteiger partial charge on any atom is 0.391 e. The van der Waals surface area contributed by atoms with Gasteiger partial charge in [0.1, 0.15) is 0 Å². The van der Waals surface area contributed by atoms with Crippen molar-refractivity contribution in [1.29, 1.82) is 0 Å². The van der Waals surface area contributed by atoms with Gasteiger partial charge in [-0.15, -0.1) is 0 Å². The van der Waals surface area contributed by atoms with Crippen molar-refractivity contribution in [3.05, 3.63) is 34.0 Å². The van der Waals surface area contributed by atoms with E-state index in [2.05, 4.69) is 0 Å². The van der Waals surface area contributed by atoms with Gasteiger partial charge in [-0.05, 0) is 12.5 Å². The Bertz CT molecular complexity index is 425. The van der Waals surface area contributed by atoms with Crippen LogP contribution in [-0.2, 0) is 14.3 Å². The van der Waals surface area contributed by atoms with E-state index in [1.165, 1.54) is 18.2 Å². The van der Waals surface area contributed by atoms with Crippen molar-refractivity contribution in [3.8, 4) is 0 Å². The first-order chi connectivity index (χ1) is 8.54. The van der Waals surface area contributed by atoms with Gasteiger partial charge in [0.2, 0.25) is 6.29 Å². The molecule has 0 aromatic rings. The molecule has 2 rings (SSSR count). The molecule has 0 aromatic carbocycles. The van der Waals surface area contributed by atoms with Crippen LogP contribution in [0.4, 0.5) is 0 Å². The third-order valence-electron chi connectivity index (χ3n) is 2.96. The number of rotatable bonds is 3. The van der Waals surface area contributed by atoms with E-state index >= 15 is 0 Å². The third kappa shape index (κ3) is 2.21. The topological polar surface area (TPSA) is 105 Å². The summed E-state index contributed by atoms with van der Waals surface area (Å²) >= 11 is 0. The lowest BCUT2D eigenvalue weighted by atomic mass is 9.90. The van der Waals surface area contributed by atoms with Crippen molar-refractivity contribution in [2.75, 3.05) is 6.61 Å². The average molecular weight is 254 g/mol. The summed E-state index contributed by atoms with van der Waals surface area (Å²) < 4.78 is 10.2. The minimum atomic E-state index is -1.93. The molecule has 1 fully saturated rings. The smallest absolute Gasteiger partial charge is 0.391 e. The van der Waals surface area contributed by atoms with E-state index < -0.39 is 22.7 Å². The van der Waals surface area contributed by atoms with Gasteiger partial charge in [0.15, 0.2) is 0 Å². The van der Waals surface area contributed by atoms with E-state index in [0.29, 0.717) is 13.0 Å². The maximum atomic E-state index is 12.0. The molecule has 2 N–H and O–H groups in total. The highest BCUT2D eigenvalue weighted by Crippen LogP contribution is 2.27. The predicted molar refractivity (Wildman–Crippen MR) is 60.8 cm³/mol. The first-order valence-electron chi connectivity index (χ1n) is 5.66. The zero-order valence-electron chi connectivity index (χ0n) is 9.70. The molecule has 0 radical (unpaired) electrons. The number of carbonyl (C=O) groups is 1. The summed E-state index contributed by atoms with van der Waals surface area (Å²) in [6, 6.07) is 0. The zero-order chi connectivity index (χ0) is 13.2. The van der Waals surface area contributed by atoms with Gasteiger partial charge in [-0.3, -0.25) is 10.1 Å². The highest BCUT2D eigenvalue weighted by atomic mass is 16.7. The Hall–Kier alpha value is -1.89. The number of nitrogens with two attached hydrogens (primary N) is 1. The van der Waals surface area contributed by atoms with E-state index in [-0.39, 0.29) is 12.1 Å². The minimum Gasteiger partial charge on any atom is -0.430 e. The van der Waals surface area contributed by atoms with E-state index in [1.807, 2.05) is 0 Å². The first kappa shape index (κ1) is 12.6. The summed E-state index contributed by atoms with van der Waals surface area (Å²) in [6.45, 7) is 0.501. The fourth-order valence-electron chi connectivity index (χ4n) is 1.96. The van der Waals surface area contributed by atoms with Gasteiger partial charge in [-0.1, -0.05) is 6.08 Å². The second-order valence-electron chi connectivity index (χ2n) is 4.31. The molecule has 1 aliphatic carbocycles. The monoisotopic (exact) mass is 254 g/mol. The Morgan fingerprint density at radius 2 is 2.44 bits per heavy atom. The zero-order valence-corrected chi connectivity index (χ0v) is 9.70. The second kappa shape index (κ2) is 4.77. The lowest BCUT2D eigenvalue weighted by molar-refractivity contribution is -0.541. The Morgan fingerprint density at radius 3 is 3.00 bits per heavy atom. The third-order valence-corrected chi connectivity index (χ3v) is 2.96. The minimum absolute atomic E-state index is 0.179. The van der Waals surface area contributed by atoms with Crippen molar-refractivity contribution in [1.82, 2.24) is 0 Å². The fourth-order valence-corrected chi connectivity index (χ4v) is 1.96. The van der Waals surface area contributed by atoms with Crippen molar-refractivity contribution >= 4 is 5.97 Å². The molecular weight excluding hydrogens is 240 g/mol. The number of nitro groups is 1.